The minimum absolute atomic E-state index is 0. The van der Waals surface area contributed by atoms with Crippen molar-refractivity contribution < 1.29 is 0 Å². The van der Waals surface area contributed by atoms with Crippen molar-refractivity contribution >= 4 is 12.4 Å². The second kappa shape index (κ2) is 6.83. The summed E-state index contributed by atoms with van der Waals surface area (Å²) in [4.78, 5) is 2.68. The Morgan fingerprint density at radius 1 is 1.06 bits per heavy atom. The number of rotatable bonds is 3. The molecule has 96 valence electrons. The molecule has 0 aromatic rings. The summed E-state index contributed by atoms with van der Waals surface area (Å²) in [6.07, 6.45) is 8.49. The third-order valence-electron chi connectivity index (χ3n) is 4.41. The molecule has 0 aliphatic carbocycles. The number of piperidine rings is 2. The number of halogens is 1. The average Bonchev–Trinajstić information content (AvgIpc) is 2.30. The number of hydrogen-bond acceptors (Lipinski definition) is 2. The zero-order valence-electron chi connectivity index (χ0n) is 10.6. The van der Waals surface area contributed by atoms with Crippen LogP contribution in [0.15, 0.2) is 0 Å². The van der Waals surface area contributed by atoms with Crippen LogP contribution in [0.5, 0.6) is 0 Å². The molecule has 0 bridgehead atoms. The lowest BCUT2D eigenvalue weighted by Gasteiger charge is -2.44. The SMILES string of the molecule is CCCCN1CCC2(CCNCC2)CC1.Cl. The topological polar surface area (TPSA) is 15.3 Å². The van der Waals surface area contributed by atoms with E-state index in [4.69, 9.17) is 0 Å². The lowest BCUT2D eigenvalue weighted by atomic mass is 9.71. The molecule has 2 heterocycles. The first kappa shape index (κ1) is 14.3. The average molecular weight is 247 g/mol. The number of likely N-dealkylation sites (tertiary alicyclic amines) is 1. The van der Waals surface area contributed by atoms with Crippen molar-refractivity contribution in [3.8, 4) is 0 Å². The van der Waals surface area contributed by atoms with Crippen molar-refractivity contribution in [3.63, 3.8) is 0 Å². The van der Waals surface area contributed by atoms with E-state index in [0.29, 0.717) is 0 Å². The molecule has 16 heavy (non-hydrogen) atoms. The molecule has 0 atom stereocenters. The molecule has 0 aromatic heterocycles. The van der Waals surface area contributed by atoms with Gasteiger partial charge in [0.1, 0.15) is 0 Å². The van der Waals surface area contributed by atoms with Gasteiger partial charge in [-0.3, -0.25) is 0 Å². The van der Waals surface area contributed by atoms with Crippen LogP contribution in [0.4, 0.5) is 0 Å². The maximum Gasteiger partial charge on any atom is -0.00134 e. The van der Waals surface area contributed by atoms with Crippen molar-refractivity contribution in [2.24, 2.45) is 5.41 Å². The zero-order valence-corrected chi connectivity index (χ0v) is 11.5. The minimum Gasteiger partial charge on any atom is -0.317 e. The van der Waals surface area contributed by atoms with Crippen molar-refractivity contribution in [1.29, 1.82) is 0 Å². The van der Waals surface area contributed by atoms with Gasteiger partial charge < -0.3 is 10.2 Å². The number of nitrogens with one attached hydrogen (secondary N) is 1. The van der Waals surface area contributed by atoms with Crippen LogP contribution in [-0.2, 0) is 0 Å². The molecular formula is C13H27ClN2. The first-order valence-corrected chi connectivity index (χ1v) is 6.78. The molecule has 0 saturated carbocycles. The van der Waals surface area contributed by atoms with E-state index in [1.165, 1.54) is 71.2 Å². The summed E-state index contributed by atoms with van der Waals surface area (Å²) in [6, 6.07) is 0. The highest BCUT2D eigenvalue weighted by molar-refractivity contribution is 5.85. The predicted octanol–water partition coefficient (Wildman–Crippen LogP) is 2.67. The van der Waals surface area contributed by atoms with E-state index in [1.54, 1.807) is 0 Å². The Labute approximate surface area is 107 Å². The first-order chi connectivity index (χ1) is 7.35. The van der Waals surface area contributed by atoms with E-state index in [-0.39, 0.29) is 12.4 Å². The lowest BCUT2D eigenvalue weighted by molar-refractivity contribution is 0.0733. The second-order valence-electron chi connectivity index (χ2n) is 5.45. The van der Waals surface area contributed by atoms with E-state index in [2.05, 4.69) is 17.1 Å². The third kappa shape index (κ3) is 3.61. The molecule has 3 heteroatoms. The maximum atomic E-state index is 3.49. The Morgan fingerprint density at radius 3 is 2.25 bits per heavy atom. The fourth-order valence-corrected chi connectivity index (χ4v) is 3.09. The summed E-state index contributed by atoms with van der Waals surface area (Å²) in [5, 5.41) is 3.49. The first-order valence-electron chi connectivity index (χ1n) is 6.78. The summed E-state index contributed by atoms with van der Waals surface area (Å²) in [5.74, 6) is 0. The fraction of sp³-hybridized carbons (Fsp3) is 1.00. The van der Waals surface area contributed by atoms with Crippen molar-refractivity contribution in [2.45, 2.75) is 45.4 Å². The van der Waals surface area contributed by atoms with Crippen LogP contribution in [0.1, 0.15) is 45.4 Å². The highest BCUT2D eigenvalue weighted by Crippen LogP contribution is 2.39. The highest BCUT2D eigenvalue weighted by Gasteiger charge is 2.34. The van der Waals surface area contributed by atoms with Gasteiger partial charge in [0.2, 0.25) is 0 Å². The molecule has 0 radical (unpaired) electrons. The van der Waals surface area contributed by atoms with Gasteiger partial charge in [-0.25, -0.2) is 0 Å². The second-order valence-corrected chi connectivity index (χ2v) is 5.45. The predicted molar refractivity (Wildman–Crippen MR) is 72.4 cm³/mol. The van der Waals surface area contributed by atoms with Crippen LogP contribution in [0.25, 0.3) is 0 Å². The quantitative estimate of drug-likeness (QED) is 0.824. The van der Waals surface area contributed by atoms with E-state index < -0.39 is 0 Å². The van der Waals surface area contributed by atoms with Crippen LogP contribution in [-0.4, -0.2) is 37.6 Å². The molecule has 1 spiro atoms. The van der Waals surface area contributed by atoms with E-state index in [0.717, 1.165) is 5.41 Å². The van der Waals surface area contributed by atoms with Crippen molar-refractivity contribution in [2.75, 3.05) is 32.7 Å². The van der Waals surface area contributed by atoms with Gasteiger partial charge in [0.05, 0.1) is 0 Å². The number of hydrogen-bond donors (Lipinski definition) is 1. The summed E-state index contributed by atoms with van der Waals surface area (Å²) in [5.41, 5.74) is 0.730. The monoisotopic (exact) mass is 246 g/mol. The van der Waals surface area contributed by atoms with E-state index in [1.807, 2.05) is 0 Å². The minimum atomic E-state index is 0. The number of nitrogens with zero attached hydrogens (tertiary/aromatic N) is 1. The lowest BCUT2D eigenvalue weighted by Crippen LogP contribution is -2.45. The van der Waals surface area contributed by atoms with Crippen LogP contribution >= 0.6 is 12.4 Å². The molecule has 1 N–H and O–H groups in total. The molecule has 2 fully saturated rings. The van der Waals surface area contributed by atoms with Gasteiger partial charge >= 0.3 is 0 Å². The van der Waals surface area contributed by atoms with Gasteiger partial charge in [-0.2, -0.15) is 0 Å². The summed E-state index contributed by atoms with van der Waals surface area (Å²) in [6.45, 7) is 8.87. The Hall–Kier alpha value is 0.210. The van der Waals surface area contributed by atoms with Gasteiger partial charge in [-0.15, -0.1) is 12.4 Å². The molecule has 0 unspecified atom stereocenters. The molecule has 2 rings (SSSR count). The maximum absolute atomic E-state index is 3.49. The summed E-state index contributed by atoms with van der Waals surface area (Å²) < 4.78 is 0. The van der Waals surface area contributed by atoms with Crippen LogP contribution in [0.3, 0.4) is 0 Å². The molecule has 0 aromatic carbocycles. The molecule has 2 aliphatic heterocycles. The van der Waals surface area contributed by atoms with E-state index in [9.17, 15) is 0 Å². The van der Waals surface area contributed by atoms with Gasteiger partial charge in [-0.1, -0.05) is 13.3 Å². The zero-order chi connectivity index (χ0) is 10.6. The molecular weight excluding hydrogens is 220 g/mol. The molecule has 2 saturated heterocycles. The van der Waals surface area contributed by atoms with Crippen LogP contribution in [0.2, 0.25) is 0 Å². The highest BCUT2D eigenvalue weighted by atomic mass is 35.5. The Morgan fingerprint density at radius 2 is 1.69 bits per heavy atom. The number of unbranched alkanes of at least 4 members (excludes halogenated alkanes) is 1. The van der Waals surface area contributed by atoms with Gasteiger partial charge in [0, 0.05) is 0 Å². The van der Waals surface area contributed by atoms with Crippen molar-refractivity contribution in [1.82, 2.24) is 10.2 Å². The third-order valence-corrected chi connectivity index (χ3v) is 4.41. The van der Waals surface area contributed by atoms with Gasteiger partial charge in [0.25, 0.3) is 0 Å². The summed E-state index contributed by atoms with van der Waals surface area (Å²) >= 11 is 0. The van der Waals surface area contributed by atoms with Gasteiger partial charge in [-0.05, 0) is 70.2 Å². The Bertz CT molecular complexity index is 180. The molecule has 2 aliphatic rings. The smallest absolute Gasteiger partial charge is 0.00134 e. The normalized spacial score (nSPS) is 25.3. The fourth-order valence-electron chi connectivity index (χ4n) is 3.09. The Balaban J connectivity index is 0.00000128. The van der Waals surface area contributed by atoms with Crippen LogP contribution in [0, 0.1) is 5.41 Å². The largest absolute Gasteiger partial charge is 0.317 e. The van der Waals surface area contributed by atoms with Crippen LogP contribution < -0.4 is 5.32 Å². The molecule has 0 amide bonds. The standard InChI is InChI=1S/C13H26N2.ClH/c1-2-3-10-15-11-6-13(7-12-15)4-8-14-9-5-13;/h14H,2-12H2,1H3;1H. The summed E-state index contributed by atoms with van der Waals surface area (Å²) in [7, 11) is 0. The van der Waals surface area contributed by atoms with Crippen molar-refractivity contribution in [3.05, 3.63) is 0 Å². The Kier molecular flexibility index (Phi) is 6.09. The van der Waals surface area contributed by atoms with E-state index >= 15 is 0 Å². The van der Waals surface area contributed by atoms with Gasteiger partial charge in [0.15, 0.2) is 0 Å². The molecule has 2 nitrogen and oxygen atoms in total.